The van der Waals surface area contributed by atoms with E-state index in [1.807, 2.05) is 0 Å². The van der Waals surface area contributed by atoms with Gasteiger partial charge in [0.15, 0.2) is 0 Å². The first kappa shape index (κ1) is 12.1. The number of fused-ring (bicyclic) bond motifs is 2. The highest BCUT2D eigenvalue weighted by Crippen LogP contribution is 2.36. The Morgan fingerprint density at radius 1 is 1.25 bits per heavy atom. The lowest BCUT2D eigenvalue weighted by atomic mass is 9.76. The summed E-state index contributed by atoms with van der Waals surface area (Å²) in [5, 5.41) is 0. The summed E-state index contributed by atoms with van der Waals surface area (Å²) < 4.78 is 0. The lowest BCUT2D eigenvalue weighted by molar-refractivity contribution is -0.126. The topological polar surface area (TPSA) is 20.3 Å². The van der Waals surface area contributed by atoms with Gasteiger partial charge in [-0.3, -0.25) is 4.79 Å². The van der Waals surface area contributed by atoms with Crippen molar-refractivity contribution in [1.82, 2.24) is 4.90 Å². The number of rotatable bonds is 4. The molecule has 2 unspecified atom stereocenters. The number of carbonyl (C=O) groups is 1. The zero-order valence-corrected chi connectivity index (χ0v) is 10.7. The molecule has 2 heterocycles. The number of hydrogen-bond donors (Lipinski definition) is 0. The third-order valence-electron chi connectivity index (χ3n) is 4.57. The normalized spacial score (nSPS) is 35.0. The molecule has 0 spiro atoms. The Kier molecular flexibility index (Phi) is 4.01. The van der Waals surface area contributed by atoms with Crippen LogP contribution >= 0.6 is 0 Å². The molecule has 16 heavy (non-hydrogen) atoms. The van der Waals surface area contributed by atoms with Gasteiger partial charge in [-0.1, -0.05) is 19.8 Å². The van der Waals surface area contributed by atoms with Crippen LogP contribution in [0.25, 0.3) is 0 Å². The molecule has 0 amide bonds. The summed E-state index contributed by atoms with van der Waals surface area (Å²) in [5.74, 6) is 0.935. The first-order valence-electron chi connectivity index (χ1n) is 6.97. The summed E-state index contributed by atoms with van der Waals surface area (Å²) in [4.78, 5) is 14.6. The van der Waals surface area contributed by atoms with Crippen LogP contribution in [-0.2, 0) is 4.79 Å². The molecule has 2 bridgehead atoms. The molecule has 2 aliphatic rings. The summed E-state index contributed by atoms with van der Waals surface area (Å²) in [5.41, 5.74) is 0. The lowest BCUT2D eigenvalue weighted by Gasteiger charge is -2.46. The van der Waals surface area contributed by atoms with Crippen LogP contribution in [0.5, 0.6) is 0 Å². The standard InChI is InChI=1S/C14H25NO/c1-3-4-8-14(16)11-9-12-6-5-7-13(10-11)15(12)2/h11-13H,3-10H2,1-2H3. The molecule has 0 aromatic carbocycles. The number of piperidine rings is 2. The molecule has 0 aromatic heterocycles. The van der Waals surface area contributed by atoms with Gasteiger partial charge in [0.2, 0.25) is 0 Å². The van der Waals surface area contributed by atoms with Gasteiger partial charge in [-0.15, -0.1) is 0 Å². The van der Waals surface area contributed by atoms with Gasteiger partial charge < -0.3 is 4.90 Å². The van der Waals surface area contributed by atoms with Gasteiger partial charge >= 0.3 is 0 Å². The Bertz CT molecular complexity index is 237. The minimum atomic E-state index is 0.387. The number of nitrogens with zero attached hydrogens (tertiary/aromatic N) is 1. The van der Waals surface area contributed by atoms with Crippen molar-refractivity contribution in [2.24, 2.45) is 5.92 Å². The number of unbranched alkanes of at least 4 members (excludes halogenated alkanes) is 1. The zero-order valence-electron chi connectivity index (χ0n) is 10.7. The van der Waals surface area contributed by atoms with Crippen LogP contribution in [0.2, 0.25) is 0 Å². The largest absolute Gasteiger partial charge is 0.300 e. The molecule has 0 N–H and O–H groups in total. The third-order valence-corrected chi connectivity index (χ3v) is 4.57. The van der Waals surface area contributed by atoms with Gasteiger partial charge in [0, 0.05) is 24.4 Å². The van der Waals surface area contributed by atoms with Crippen molar-refractivity contribution < 1.29 is 4.79 Å². The molecule has 0 saturated carbocycles. The van der Waals surface area contributed by atoms with Crippen molar-refractivity contribution in [3.63, 3.8) is 0 Å². The third kappa shape index (κ3) is 2.48. The number of carbonyl (C=O) groups excluding carboxylic acids is 1. The van der Waals surface area contributed by atoms with E-state index >= 15 is 0 Å². The highest BCUT2D eigenvalue weighted by molar-refractivity contribution is 5.81. The molecule has 0 aromatic rings. The predicted molar refractivity (Wildman–Crippen MR) is 66.4 cm³/mol. The maximum absolute atomic E-state index is 12.1. The quantitative estimate of drug-likeness (QED) is 0.730. The van der Waals surface area contributed by atoms with Crippen molar-refractivity contribution in [1.29, 1.82) is 0 Å². The van der Waals surface area contributed by atoms with Crippen LogP contribution in [0.3, 0.4) is 0 Å². The van der Waals surface area contributed by atoms with Crippen LogP contribution in [0.15, 0.2) is 0 Å². The summed E-state index contributed by atoms with van der Waals surface area (Å²) in [6.07, 6.45) is 9.31. The van der Waals surface area contributed by atoms with Crippen molar-refractivity contribution >= 4 is 5.78 Å². The highest BCUT2D eigenvalue weighted by Gasteiger charge is 2.38. The number of hydrogen-bond acceptors (Lipinski definition) is 2. The summed E-state index contributed by atoms with van der Waals surface area (Å²) in [6, 6.07) is 1.39. The molecule has 2 heteroatoms. The molecule has 0 aliphatic carbocycles. The SMILES string of the molecule is CCCCC(=O)C1CC2CCCC(C1)N2C. The van der Waals surface area contributed by atoms with Crippen LogP contribution in [0.1, 0.15) is 58.3 Å². The van der Waals surface area contributed by atoms with Crippen molar-refractivity contribution in [2.45, 2.75) is 70.4 Å². The molecular weight excluding hydrogens is 198 g/mol. The van der Waals surface area contributed by atoms with Crippen LogP contribution in [0, 0.1) is 5.92 Å². The fourth-order valence-corrected chi connectivity index (χ4v) is 3.43. The summed E-state index contributed by atoms with van der Waals surface area (Å²) in [6.45, 7) is 2.16. The molecule has 2 fully saturated rings. The van der Waals surface area contributed by atoms with E-state index in [1.54, 1.807) is 0 Å². The first-order valence-corrected chi connectivity index (χ1v) is 6.97. The fraction of sp³-hybridized carbons (Fsp3) is 0.929. The molecule has 2 rings (SSSR count). The molecular formula is C14H25NO. The fourth-order valence-electron chi connectivity index (χ4n) is 3.43. The second kappa shape index (κ2) is 5.31. The van der Waals surface area contributed by atoms with Gasteiger partial charge in [-0.2, -0.15) is 0 Å². The van der Waals surface area contributed by atoms with Gasteiger partial charge in [0.25, 0.3) is 0 Å². The van der Waals surface area contributed by atoms with E-state index in [-0.39, 0.29) is 0 Å². The first-order chi connectivity index (χ1) is 7.72. The van der Waals surface area contributed by atoms with Crippen molar-refractivity contribution in [3.05, 3.63) is 0 Å². The minimum Gasteiger partial charge on any atom is -0.300 e. The van der Waals surface area contributed by atoms with Gasteiger partial charge in [-0.05, 0) is 39.2 Å². The van der Waals surface area contributed by atoms with E-state index in [0.717, 1.165) is 32.1 Å². The minimum absolute atomic E-state index is 0.387. The maximum Gasteiger partial charge on any atom is 0.136 e. The Labute approximate surface area is 99.4 Å². The zero-order chi connectivity index (χ0) is 11.5. The van der Waals surface area contributed by atoms with Crippen molar-refractivity contribution in [3.8, 4) is 0 Å². The molecule has 2 atom stereocenters. The second-order valence-corrected chi connectivity index (χ2v) is 5.64. The molecule has 0 radical (unpaired) electrons. The van der Waals surface area contributed by atoms with E-state index in [1.165, 1.54) is 19.3 Å². The van der Waals surface area contributed by atoms with Crippen LogP contribution in [-0.4, -0.2) is 29.8 Å². The number of ketones is 1. The Hall–Kier alpha value is -0.370. The van der Waals surface area contributed by atoms with E-state index in [0.29, 0.717) is 23.8 Å². The average molecular weight is 223 g/mol. The van der Waals surface area contributed by atoms with E-state index in [2.05, 4.69) is 18.9 Å². The Balaban J connectivity index is 1.91. The Morgan fingerprint density at radius 2 is 1.88 bits per heavy atom. The van der Waals surface area contributed by atoms with Gasteiger partial charge in [0.05, 0.1) is 0 Å². The average Bonchev–Trinajstić information content (AvgIpc) is 2.25. The van der Waals surface area contributed by atoms with Crippen LogP contribution < -0.4 is 0 Å². The maximum atomic E-state index is 12.1. The smallest absolute Gasteiger partial charge is 0.136 e. The van der Waals surface area contributed by atoms with E-state index in [9.17, 15) is 4.79 Å². The van der Waals surface area contributed by atoms with Gasteiger partial charge in [0.1, 0.15) is 5.78 Å². The summed E-state index contributed by atoms with van der Waals surface area (Å²) in [7, 11) is 2.25. The van der Waals surface area contributed by atoms with Crippen molar-refractivity contribution in [2.75, 3.05) is 7.05 Å². The molecule has 2 saturated heterocycles. The molecule has 92 valence electrons. The lowest BCUT2D eigenvalue weighted by Crippen LogP contribution is -2.51. The molecule has 2 nitrogen and oxygen atoms in total. The monoisotopic (exact) mass is 223 g/mol. The summed E-state index contributed by atoms with van der Waals surface area (Å²) >= 11 is 0. The Morgan fingerprint density at radius 3 is 2.44 bits per heavy atom. The van der Waals surface area contributed by atoms with Crippen LogP contribution in [0.4, 0.5) is 0 Å². The molecule has 2 aliphatic heterocycles. The van der Waals surface area contributed by atoms with E-state index in [4.69, 9.17) is 0 Å². The van der Waals surface area contributed by atoms with E-state index < -0.39 is 0 Å². The number of Topliss-reactive ketones (excluding diaryl/α,β-unsaturated/α-hetero) is 1. The second-order valence-electron chi connectivity index (χ2n) is 5.64. The predicted octanol–water partition coefficient (Wildman–Crippen LogP) is 3.01. The van der Waals surface area contributed by atoms with Gasteiger partial charge in [-0.25, -0.2) is 0 Å². The highest BCUT2D eigenvalue weighted by atomic mass is 16.1.